The van der Waals surface area contributed by atoms with Crippen LogP contribution in [0.5, 0.6) is 5.88 Å². The molecule has 1 aliphatic carbocycles. The molecule has 0 radical (unpaired) electrons. The number of amides is 1. The van der Waals surface area contributed by atoms with Crippen LogP contribution in [0.25, 0.3) is 22.6 Å². The van der Waals surface area contributed by atoms with Crippen LogP contribution in [0.4, 0.5) is 23.4 Å². The predicted octanol–water partition coefficient (Wildman–Crippen LogP) is 4.95. The van der Waals surface area contributed by atoms with E-state index in [2.05, 4.69) is 30.6 Å². The number of benzene rings is 1. The van der Waals surface area contributed by atoms with Crippen LogP contribution in [0.2, 0.25) is 0 Å². The van der Waals surface area contributed by atoms with E-state index in [0.29, 0.717) is 17.6 Å². The molecule has 0 aliphatic heterocycles. The maximum atomic E-state index is 14.2. The topological polar surface area (TPSA) is 113 Å². The van der Waals surface area contributed by atoms with Crippen molar-refractivity contribution in [1.82, 2.24) is 34.5 Å². The number of rotatable bonds is 7. The second-order valence-corrected chi connectivity index (χ2v) is 9.22. The molecule has 5 aromatic rings. The van der Waals surface area contributed by atoms with Crippen molar-refractivity contribution in [3.05, 3.63) is 77.5 Å². The number of hydrogen-bond acceptors (Lipinski definition) is 7. The number of pyridine rings is 2. The number of fused-ring (bicyclic) bond motifs is 1. The molecular weight excluding hydrogens is 532 g/mol. The van der Waals surface area contributed by atoms with Gasteiger partial charge in [-0.1, -0.05) is 24.3 Å². The van der Waals surface area contributed by atoms with Gasteiger partial charge < -0.3 is 14.6 Å². The number of nitrogens with one attached hydrogen (secondary N) is 1. The first-order valence-corrected chi connectivity index (χ1v) is 12.2. The summed E-state index contributed by atoms with van der Waals surface area (Å²) in [6.45, 7) is -0.319. The maximum Gasteiger partial charge on any atom is 0.435 e. The van der Waals surface area contributed by atoms with Crippen LogP contribution in [-0.4, -0.2) is 40.4 Å². The number of alkyl halides is 3. The van der Waals surface area contributed by atoms with Crippen LogP contribution in [0.1, 0.15) is 40.5 Å². The summed E-state index contributed by atoms with van der Waals surface area (Å²) in [6, 6.07) is 12.0. The van der Waals surface area contributed by atoms with Crippen LogP contribution in [0.15, 0.2) is 54.9 Å². The second kappa shape index (κ2) is 9.70. The average molecular weight is 552 g/mol. The Morgan fingerprint density at radius 1 is 1.12 bits per heavy atom. The number of nitrogens with zero attached hydrogens (tertiary/aromatic N) is 7. The van der Waals surface area contributed by atoms with Gasteiger partial charge in [-0.15, -0.1) is 10.2 Å². The predicted molar refractivity (Wildman–Crippen MR) is 134 cm³/mol. The van der Waals surface area contributed by atoms with E-state index >= 15 is 0 Å². The summed E-state index contributed by atoms with van der Waals surface area (Å²) in [5.74, 6) is -1.02. The number of carbonyl (C=O) groups is 1. The zero-order chi connectivity index (χ0) is 28.0. The van der Waals surface area contributed by atoms with E-state index in [1.807, 2.05) is 4.57 Å². The summed E-state index contributed by atoms with van der Waals surface area (Å²) in [5, 5.41) is 13.8. The minimum Gasteiger partial charge on any atom is -0.472 e. The van der Waals surface area contributed by atoms with Crippen molar-refractivity contribution in [2.24, 2.45) is 7.05 Å². The number of hydrogen-bond donors (Lipinski definition) is 1. The fraction of sp³-hybridized carbons (Fsp3) is 0.231. The highest BCUT2D eigenvalue weighted by molar-refractivity contribution is 6.07. The lowest BCUT2D eigenvalue weighted by molar-refractivity contribution is -0.140. The molecule has 1 aromatic carbocycles. The number of halogens is 4. The molecule has 1 amide bonds. The zero-order valence-electron chi connectivity index (χ0n) is 20.9. The van der Waals surface area contributed by atoms with Gasteiger partial charge in [0.1, 0.15) is 35.8 Å². The lowest BCUT2D eigenvalue weighted by Gasteiger charge is -2.13. The highest BCUT2D eigenvalue weighted by atomic mass is 19.4. The fourth-order valence-electron chi connectivity index (χ4n) is 4.26. The summed E-state index contributed by atoms with van der Waals surface area (Å²) >= 11 is 0. The minimum absolute atomic E-state index is 0.121. The van der Waals surface area contributed by atoms with Crippen molar-refractivity contribution in [1.29, 1.82) is 0 Å². The summed E-state index contributed by atoms with van der Waals surface area (Å²) in [4.78, 5) is 22.0. The molecule has 0 atom stereocenters. The maximum absolute atomic E-state index is 14.2. The van der Waals surface area contributed by atoms with Gasteiger partial charge in [0.15, 0.2) is 17.2 Å². The first-order valence-electron chi connectivity index (χ1n) is 12.2. The molecule has 0 saturated heterocycles. The largest absolute Gasteiger partial charge is 0.472 e. The number of aromatic nitrogens is 7. The molecule has 0 bridgehead atoms. The molecular formula is C26H20F4N8O2. The Labute approximate surface area is 223 Å². The van der Waals surface area contributed by atoms with Crippen molar-refractivity contribution in [3.8, 4) is 17.4 Å². The second-order valence-electron chi connectivity index (χ2n) is 9.22. The van der Waals surface area contributed by atoms with Crippen molar-refractivity contribution >= 4 is 22.8 Å². The Balaban J connectivity index is 1.36. The van der Waals surface area contributed by atoms with Crippen LogP contribution >= 0.6 is 0 Å². The van der Waals surface area contributed by atoms with Gasteiger partial charge in [-0.2, -0.15) is 23.3 Å². The number of ether oxygens (including phenoxy) is 1. The van der Waals surface area contributed by atoms with E-state index in [1.165, 1.54) is 31.3 Å². The lowest BCUT2D eigenvalue weighted by atomic mass is 10.1. The smallest absolute Gasteiger partial charge is 0.435 e. The Morgan fingerprint density at radius 3 is 2.67 bits per heavy atom. The number of anilines is 1. The van der Waals surface area contributed by atoms with E-state index in [1.54, 1.807) is 24.5 Å². The third-order valence-corrected chi connectivity index (χ3v) is 6.35. The molecule has 1 aliphatic rings. The number of aryl methyl sites for hydroxylation is 1. The third kappa shape index (κ3) is 4.83. The molecule has 4 aromatic heterocycles. The van der Waals surface area contributed by atoms with E-state index in [0.717, 1.165) is 23.6 Å². The van der Waals surface area contributed by atoms with Crippen LogP contribution in [-0.2, 0) is 19.8 Å². The summed E-state index contributed by atoms with van der Waals surface area (Å²) in [5.41, 5.74) is -1.04. The highest BCUT2D eigenvalue weighted by Crippen LogP contribution is 2.38. The van der Waals surface area contributed by atoms with Gasteiger partial charge in [-0.05, 0) is 37.1 Å². The summed E-state index contributed by atoms with van der Waals surface area (Å²) < 4.78 is 63.8. The van der Waals surface area contributed by atoms with E-state index in [4.69, 9.17) is 4.74 Å². The van der Waals surface area contributed by atoms with Gasteiger partial charge in [-0.25, -0.2) is 14.1 Å². The van der Waals surface area contributed by atoms with E-state index in [9.17, 15) is 22.4 Å². The first-order chi connectivity index (χ1) is 19.2. The van der Waals surface area contributed by atoms with E-state index < -0.39 is 29.0 Å². The fourth-order valence-corrected chi connectivity index (χ4v) is 4.26. The molecule has 204 valence electrons. The molecule has 0 spiro atoms. The van der Waals surface area contributed by atoms with Gasteiger partial charge in [0.25, 0.3) is 5.91 Å². The summed E-state index contributed by atoms with van der Waals surface area (Å²) in [7, 11) is 1.29. The molecule has 1 fully saturated rings. The van der Waals surface area contributed by atoms with Gasteiger partial charge in [0, 0.05) is 18.7 Å². The van der Waals surface area contributed by atoms with Crippen LogP contribution < -0.4 is 10.1 Å². The molecule has 10 nitrogen and oxygen atoms in total. The number of carbonyl (C=O) groups excluding carboxylic acids is 1. The van der Waals surface area contributed by atoms with Gasteiger partial charge in [0.2, 0.25) is 5.88 Å². The molecule has 40 heavy (non-hydrogen) atoms. The van der Waals surface area contributed by atoms with Crippen molar-refractivity contribution in [2.75, 3.05) is 5.32 Å². The van der Waals surface area contributed by atoms with Gasteiger partial charge >= 0.3 is 6.18 Å². The lowest BCUT2D eigenvalue weighted by Crippen LogP contribution is -2.16. The quantitative estimate of drug-likeness (QED) is 0.285. The molecule has 0 unspecified atom stereocenters. The van der Waals surface area contributed by atoms with Gasteiger partial charge in [0.05, 0.1) is 5.39 Å². The van der Waals surface area contributed by atoms with Crippen LogP contribution in [0, 0.1) is 5.82 Å². The Morgan fingerprint density at radius 2 is 1.93 bits per heavy atom. The molecule has 4 heterocycles. The molecule has 1 N–H and O–H groups in total. The van der Waals surface area contributed by atoms with Crippen LogP contribution in [0.3, 0.4) is 0 Å². The van der Waals surface area contributed by atoms with Crippen molar-refractivity contribution in [2.45, 2.75) is 31.7 Å². The molecule has 6 rings (SSSR count). The first kappa shape index (κ1) is 25.4. The average Bonchev–Trinajstić information content (AvgIpc) is 3.55. The zero-order valence-corrected chi connectivity index (χ0v) is 20.9. The Hall–Kier alpha value is -4.88. The normalized spacial score (nSPS) is 13.5. The third-order valence-electron chi connectivity index (χ3n) is 6.35. The summed E-state index contributed by atoms with van der Waals surface area (Å²) in [6.07, 6.45) is -1.17. The standard InChI is InChI=1S/C26H20F4N8O2/c1-37-22-16(21(36-37)26(28,29)30)11-17(25(34-22)40-12-14-5-2-3-6-18(14)27)24(39)33-20-8-4-7-19(32-20)23-35-31-13-38(23)15-9-10-15/h2-8,11,13,15H,9-10,12H2,1H3,(H,32,33,39). The Bertz CT molecular complexity index is 1740. The van der Waals surface area contributed by atoms with Crippen molar-refractivity contribution in [3.63, 3.8) is 0 Å². The molecule has 14 heteroatoms. The highest BCUT2D eigenvalue weighted by Gasteiger charge is 2.38. The monoisotopic (exact) mass is 552 g/mol. The van der Waals surface area contributed by atoms with Crippen molar-refractivity contribution < 1.29 is 27.1 Å². The van der Waals surface area contributed by atoms with E-state index in [-0.39, 0.29) is 35.1 Å². The molecule has 1 saturated carbocycles. The SMILES string of the molecule is Cn1nc(C(F)(F)F)c2cc(C(=O)Nc3cccc(-c4nncn4C4CC4)n3)c(OCc3ccccc3F)nc21. The Kier molecular flexibility index (Phi) is 6.16. The minimum atomic E-state index is -4.79. The van der Waals surface area contributed by atoms with Gasteiger partial charge in [-0.3, -0.25) is 4.79 Å².